The predicted octanol–water partition coefficient (Wildman–Crippen LogP) is 7.53. The molecular formula is C28H30Cl2N4O2S. The van der Waals surface area contributed by atoms with Crippen LogP contribution in [0, 0.1) is 11.3 Å². The quantitative estimate of drug-likeness (QED) is 0.193. The number of aromatic nitrogens is 2. The molecule has 0 saturated heterocycles. The molecule has 4 rings (SSSR count). The smallest absolute Gasteiger partial charge is 0.233 e. The summed E-state index contributed by atoms with van der Waals surface area (Å²) in [6.45, 7) is 4.81. The monoisotopic (exact) mass is 556 g/mol. The van der Waals surface area contributed by atoms with Crippen LogP contribution in [0.4, 0.5) is 5.95 Å². The number of alkyl halides is 1. The van der Waals surface area contributed by atoms with E-state index in [0.717, 1.165) is 22.6 Å². The van der Waals surface area contributed by atoms with Crippen molar-refractivity contribution >= 4 is 41.1 Å². The summed E-state index contributed by atoms with van der Waals surface area (Å²) in [6.07, 6.45) is 6.84. The van der Waals surface area contributed by atoms with Crippen molar-refractivity contribution < 1.29 is 9.47 Å². The predicted molar refractivity (Wildman–Crippen MR) is 151 cm³/mol. The number of benzene rings is 2. The standard InChI is InChI=1S/C28H30Cl2N4O2S/c1-28(2,21-15-19(17-31)26(25(30)16-21)35-14-12-29)20-7-9-23(10-8-20)36-18-22-11-13-32-27(33-22)34-37-24-5-3-4-6-24/h7-11,13,15-16,24H,3-6,12,14,18H2,1-2H3,(H,32,33,34). The molecular weight excluding hydrogens is 527 g/mol. The van der Waals surface area contributed by atoms with E-state index in [0.29, 0.717) is 40.0 Å². The van der Waals surface area contributed by atoms with Gasteiger partial charge in [-0.2, -0.15) is 5.26 Å². The molecule has 1 aromatic heterocycles. The molecule has 6 nitrogen and oxygen atoms in total. The number of hydrogen-bond acceptors (Lipinski definition) is 7. The van der Waals surface area contributed by atoms with Crippen molar-refractivity contribution in [3.8, 4) is 17.6 Å². The van der Waals surface area contributed by atoms with E-state index >= 15 is 0 Å². The van der Waals surface area contributed by atoms with Gasteiger partial charge in [0.05, 0.1) is 22.2 Å². The zero-order valence-electron chi connectivity index (χ0n) is 21.0. The first-order valence-electron chi connectivity index (χ1n) is 12.3. The zero-order valence-corrected chi connectivity index (χ0v) is 23.3. The Morgan fingerprint density at radius 1 is 1.11 bits per heavy atom. The number of hydrogen-bond donors (Lipinski definition) is 1. The number of halogens is 2. The molecule has 1 fully saturated rings. The number of anilines is 1. The maximum atomic E-state index is 9.64. The van der Waals surface area contributed by atoms with E-state index in [9.17, 15) is 5.26 Å². The highest BCUT2D eigenvalue weighted by molar-refractivity contribution is 8.01. The minimum absolute atomic E-state index is 0.284. The third-order valence-electron chi connectivity index (χ3n) is 6.50. The van der Waals surface area contributed by atoms with Gasteiger partial charge in [0.25, 0.3) is 0 Å². The number of nitrogens with zero attached hydrogens (tertiary/aromatic N) is 3. The van der Waals surface area contributed by atoms with E-state index in [1.54, 1.807) is 18.1 Å². The molecule has 1 N–H and O–H groups in total. The third-order valence-corrected chi connectivity index (χ3v) is 8.04. The Hall–Kier alpha value is -2.66. The van der Waals surface area contributed by atoms with Crippen LogP contribution in [0.25, 0.3) is 0 Å². The van der Waals surface area contributed by atoms with E-state index in [1.807, 2.05) is 42.5 Å². The summed E-state index contributed by atoms with van der Waals surface area (Å²) in [5, 5.41) is 10.7. The van der Waals surface area contributed by atoms with Gasteiger partial charge in [0.2, 0.25) is 5.95 Å². The molecule has 1 heterocycles. The largest absolute Gasteiger partial charge is 0.489 e. The Morgan fingerprint density at radius 2 is 1.86 bits per heavy atom. The summed E-state index contributed by atoms with van der Waals surface area (Å²) in [5.74, 6) is 2.05. The minimum Gasteiger partial charge on any atom is -0.489 e. The van der Waals surface area contributed by atoms with Crippen molar-refractivity contribution in [2.75, 3.05) is 17.2 Å². The van der Waals surface area contributed by atoms with E-state index in [2.05, 4.69) is 34.6 Å². The van der Waals surface area contributed by atoms with Crippen LogP contribution in [0.5, 0.6) is 11.5 Å². The zero-order chi connectivity index (χ0) is 26.3. The first kappa shape index (κ1) is 27.4. The number of rotatable bonds is 11. The Labute approximate surface area is 232 Å². The molecule has 37 heavy (non-hydrogen) atoms. The van der Waals surface area contributed by atoms with E-state index in [-0.39, 0.29) is 6.61 Å². The molecule has 1 saturated carbocycles. The topological polar surface area (TPSA) is 80.1 Å². The summed E-state index contributed by atoms with van der Waals surface area (Å²) in [7, 11) is 0. The fraction of sp³-hybridized carbons (Fsp3) is 0.393. The Bertz CT molecular complexity index is 1240. The van der Waals surface area contributed by atoms with Gasteiger partial charge < -0.3 is 9.47 Å². The van der Waals surface area contributed by atoms with Gasteiger partial charge in [-0.1, -0.05) is 50.4 Å². The van der Waals surface area contributed by atoms with Gasteiger partial charge in [-0.05, 0) is 66.2 Å². The third kappa shape index (κ3) is 7.01. The lowest BCUT2D eigenvalue weighted by molar-refractivity contribution is 0.301. The van der Waals surface area contributed by atoms with Gasteiger partial charge in [0.1, 0.15) is 25.0 Å². The highest BCUT2D eigenvalue weighted by Crippen LogP contribution is 2.38. The van der Waals surface area contributed by atoms with Gasteiger partial charge in [0, 0.05) is 16.9 Å². The molecule has 0 aliphatic heterocycles. The molecule has 9 heteroatoms. The Balaban J connectivity index is 1.40. The molecule has 1 aliphatic carbocycles. The SMILES string of the molecule is CC(C)(c1ccc(OCc2ccnc(NSC3CCCC3)n2)cc1)c1cc(Cl)c(OCCCl)c(C#N)c1. The van der Waals surface area contributed by atoms with Crippen molar-refractivity contribution in [2.24, 2.45) is 0 Å². The van der Waals surface area contributed by atoms with Crippen molar-refractivity contribution in [1.29, 1.82) is 5.26 Å². The van der Waals surface area contributed by atoms with Crippen molar-refractivity contribution in [1.82, 2.24) is 9.97 Å². The van der Waals surface area contributed by atoms with E-state index in [4.69, 9.17) is 32.7 Å². The van der Waals surface area contributed by atoms with Crippen LogP contribution in [0.2, 0.25) is 5.02 Å². The number of nitriles is 1. The second-order valence-electron chi connectivity index (χ2n) is 9.42. The molecule has 0 radical (unpaired) electrons. The van der Waals surface area contributed by atoms with Gasteiger partial charge in [0.15, 0.2) is 5.75 Å². The maximum Gasteiger partial charge on any atom is 0.233 e. The summed E-state index contributed by atoms with van der Waals surface area (Å²) in [4.78, 5) is 8.89. The Morgan fingerprint density at radius 3 is 2.57 bits per heavy atom. The van der Waals surface area contributed by atoms with Crippen LogP contribution in [0.3, 0.4) is 0 Å². The average molecular weight is 558 g/mol. The number of ether oxygens (including phenoxy) is 2. The lowest BCUT2D eigenvalue weighted by Gasteiger charge is -2.27. The van der Waals surface area contributed by atoms with Gasteiger partial charge >= 0.3 is 0 Å². The van der Waals surface area contributed by atoms with Crippen LogP contribution >= 0.6 is 35.1 Å². The first-order chi connectivity index (χ1) is 17.9. The van der Waals surface area contributed by atoms with Crippen LogP contribution in [-0.4, -0.2) is 27.7 Å². The second-order valence-corrected chi connectivity index (χ2v) is 11.3. The van der Waals surface area contributed by atoms with Crippen molar-refractivity contribution in [3.05, 3.63) is 76.1 Å². The summed E-state index contributed by atoms with van der Waals surface area (Å²) in [5.41, 5.74) is 2.78. The fourth-order valence-electron chi connectivity index (χ4n) is 4.28. The van der Waals surface area contributed by atoms with Crippen LogP contribution < -0.4 is 14.2 Å². The molecule has 0 amide bonds. The van der Waals surface area contributed by atoms with Crippen LogP contribution in [-0.2, 0) is 12.0 Å². The maximum absolute atomic E-state index is 9.64. The highest BCUT2D eigenvalue weighted by Gasteiger charge is 2.26. The molecule has 1 aliphatic rings. The van der Waals surface area contributed by atoms with Crippen molar-refractivity contribution in [3.63, 3.8) is 0 Å². The Kier molecular flexibility index (Phi) is 9.42. The first-order valence-corrected chi connectivity index (χ1v) is 14.1. The average Bonchev–Trinajstić information content (AvgIpc) is 3.44. The van der Waals surface area contributed by atoms with Gasteiger partial charge in [-0.3, -0.25) is 4.72 Å². The summed E-state index contributed by atoms with van der Waals surface area (Å²) >= 11 is 13.9. The van der Waals surface area contributed by atoms with Crippen molar-refractivity contribution in [2.45, 2.75) is 56.8 Å². The van der Waals surface area contributed by atoms with Crippen LogP contribution in [0.15, 0.2) is 48.7 Å². The van der Waals surface area contributed by atoms with E-state index in [1.165, 1.54) is 25.7 Å². The molecule has 0 spiro atoms. The van der Waals surface area contributed by atoms with Crippen LogP contribution in [0.1, 0.15) is 61.9 Å². The molecule has 3 aromatic rings. The molecule has 0 atom stereocenters. The lowest BCUT2D eigenvalue weighted by atomic mass is 9.77. The number of nitrogens with one attached hydrogen (secondary N) is 1. The highest BCUT2D eigenvalue weighted by atomic mass is 35.5. The summed E-state index contributed by atoms with van der Waals surface area (Å²) < 4.78 is 14.9. The summed E-state index contributed by atoms with van der Waals surface area (Å²) in [6, 6.07) is 15.7. The van der Waals surface area contributed by atoms with E-state index < -0.39 is 5.41 Å². The molecule has 0 bridgehead atoms. The minimum atomic E-state index is -0.400. The molecule has 0 unspecified atom stereocenters. The van der Waals surface area contributed by atoms with Gasteiger partial charge in [-0.15, -0.1) is 11.6 Å². The normalized spacial score (nSPS) is 13.8. The fourth-order valence-corrected chi connectivity index (χ4v) is 5.57. The molecule has 2 aromatic carbocycles. The molecule has 194 valence electrons. The van der Waals surface area contributed by atoms with Gasteiger partial charge in [-0.25, -0.2) is 9.97 Å². The second kappa shape index (κ2) is 12.7. The lowest BCUT2D eigenvalue weighted by Crippen LogP contribution is -2.19.